The normalized spacial score (nSPS) is 10.8. The lowest BCUT2D eigenvalue weighted by Crippen LogP contribution is -2.11. The first-order chi connectivity index (χ1) is 10.0. The number of benzene rings is 1. The fraction of sp³-hybridized carbons (Fsp3) is 0.0667. The number of nitrogens with zero attached hydrogens (tertiary/aromatic N) is 1. The van der Waals surface area contributed by atoms with Crippen LogP contribution in [0.25, 0.3) is 11.1 Å². The van der Waals surface area contributed by atoms with Gasteiger partial charge in [-0.15, -0.1) is 0 Å². The zero-order chi connectivity index (χ0) is 15.0. The zero-order valence-electron chi connectivity index (χ0n) is 11.0. The fourth-order valence-electron chi connectivity index (χ4n) is 1.92. The van der Waals surface area contributed by atoms with Crippen LogP contribution in [0.5, 0.6) is 0 Å². The number of aromatic nitrogens is 1. The summed E-state index contributed by atoms with van der Waals surface area (Å²) >= 11 is 11.9. The monoisotopic (exact) mass is 320 g/mol. The van der Waals surface area contributed by atoms with E-state index in [0.29, 0.717) is 21.8 Å². The number of pyridine rings is 1. The quantitative estimate of drug-likeness (QED) is 0.744. The highest BCUT2D eigenvalue weighted by atomic mass is 35.5. The van der Waals surface area contributed by atoms with Crippen molar-refractivity contribution in [3.8, 4) is 0 Å². The standard InChI is InChI=1S/C15H10Cl2N2O2/c1-8-5-6-12-11(18-8)7-13(21-12)15(20)19-10-4-2-3-9(16)14(10)17/h2-7H,1H3,(H,19,20). The van der Waals surface area contributed by atoms with E-state index in [1.807, 2.05) is 13.0 Å². The molecule has 0 bridgehead atoms. The van der Waals surface area contributed by atoms with Gasteiger partial charge in [0, 0.05) is 11.8 Å². The summed E-state index contributed by atoms with van der Waals surface area (Å²) in [5.41, 5.74) is 2.48. The summed E-state index contributed by atoms with van der Waals surface area (Å²) in [6.45, 7) is 1.87. The number of halogens is 2. The molecule has 0 atom stereocenters. The number of carbonyl (C=O) groups excluding carboxylic acids is 1. The van der Waals surface area contributed by atoms with Gasteiger partial charge in [-0.1, -0.05) is 29.3 Å². The smallest absolute Gasteiger partial charge is 0.291 e. The van der Waals surface area contributed by atoms with E-state index in [4.69, 9.17) is 27.6 Å². The van der Waals surface area contributed by atoms with E-state index < -0.39 is 5.91 Å². The lowest BCUT2D eigenvalue weighted by Gasteiger charge is -2.06. The van der Waals surface area contributed by atoms with Gasteiger partial charge in [0.15, 0.2) is 11.3 Å². The highest BCUT2D eigenvalue weighted by Crippen LogP contribution is 2.30. The first kappa shape index (κ1) is 13.9. The van der Waals surface area contributed by atoms with Gasteiger partial charge >= 0.3 is 0 Å². The van der Waals surface area contributed by atoms with Crippen molar-refractivity contribution >= 4 is 45.9 Å². The Morgan fingerprint density at radius 2 is 2.05 bits per heavy atom. The molecular formula is C15H10Cl2N2O2. The molecule has 2 aromatic heterocycles. The Balaban J connectivity index is 1.91. The molecule has 21 heavy (non-hydrogen) atoms. The summed E-state index contributed by atoms with van der Waals surface area (Å²) in [5, 5.41) is 3.33. The van der Waals surface area contributed by atoms with Gasteiger partial charge in [-0.25, -0.2) is 4.98 Å². The van der Waals surface area contributed by atoms with Crippen molar-refractivity contribution in [3.05, 3.63) is 57.9 Å². The van der Waals surface area contributed by atoms with Gasteiger partial charge in [-0.05, 0) is 31.2 Å². The van der Waals surface area contributed by atoms with Crippen molar-refractivity contribution in [3.63, 3.8) is 0 Å². The minimum atomic E-state index is -0.408. The second-order valence-electron chi connectivity index (χ2n) is 4.50. The lowest BCUT2D eigenvalue weighted by atomic mass is 10.3. The van der Waals surface area contributed by atoms with E-state index in [0.717, 1.165) is 5.69 Å². The molecule has 3 rings (SSSR count). The third-order valence-corrected chi connectivity index (χ3v) is 3.76. The Labute approximate surface area is 130 Å². The topological polar surface area (TPSA) is 55.1 Å². The maximum absolute atomic E-state index is 12.2. The van der Waals surface area contributed by atoms with Gasteiger partial charge in [0.1, 0.15) is 5.52 Å². The molecular weight excluding hydrogens is 311 g/mol. The molecule has 1 N–H and O–H groups in total. The molecule has 3 aromatic rings. The minimum absolute atomic E-state index is 0.166. The Morgan fingerprint density at radius 1 is 1.24 bits per heavy atom. The van der Waals surface area contributed by atoms with Crippen LogP contribution >= 0.6 is 23.2 Å². The number of anilines is 1. The van der Waals surface area contributed by atoms with E-state index in [1.54, 1.807) is 30.3 Å². The number of carbonyl (C=O) groups is 1. The van der Waals surface area contributed by atoms with Crippen LogP contribution in [0.1, 0.15) is 16.2 Å². The molecule has 0 saturated carbocycles. The summed E-state index contributed by atoms with van der Waals surface area (Å²) < 4.78 is 5.48. The predicted molar refractivity (Wildman–Crippen MR) is 83.2 cm³/mol. The molecule has 0 saturated heterocycles. The number of rotatable bonds is 2. The summed E-state index contributed by atoms with van der Waals surface area (Å²) in [6.07, 6.45) is 0. The summed E-state index contributed by atoms with van der Waals surface area (Å²) in [4.78, 5) is 16.5. The summed E-state index contributed by atoms with van der Waals surface area (Å²) in [5.74, 6) is -0.242. The highest BCUT2D eigenvalue weighted by Gasteiger charge is 2.15. The molecule has 0 radical (unpaired) electrons. The average molecular weight is 321 g/mol. The van der Waals surface area contributed by atoms with E-state index in [2.05, 4.69) is 10.3 Å². The molecule has 106 valence electrons. The summed E-state index contributed by atoms with van der Waals surface area (Å²) in [6, 6.07) is 10.2. The van der Waals surface area contributed by atoms with Gasteiger partial charge in [0.2, 0.25) is 0 Å². The van der Waals surface area contributed by atoms with Gasteiger partial charge in [0.25, 0.3) is 5.91 Å². The average Bonchev–Trinajstić information content (AvgIpc) is 2.87. The number of furan rings is 1. The van der Waals surface area contributed by atoms with Crippen LogP contribution in [0, 0.1) is 6.92 Å². The molecule has 2 heterocycles. The van der Waals surface area contributed by atoms with Gasteiger partial charge in [-0.3, -0.25) is 4.79 Å². The van der Waals surface area contributed by atoms with Crippen LogP contribution in [-0.4, -0.2) is 10.9 Å². The van der Waals surface area contributed by atoms with E-state index in [1.165, 1.54) is 0 Å². The number of nitrogens with one attached hydrogen (secondary N) is 1. The maximum Gasteiger partial charge on any atom is 0.291 e. The third kappa shape index (κ3) is 2.73. The molecule has 1 amide bonds. The molecule has 6 heteroatoms. The van der Waals surface area contributed by atoms with Crippen LogP contribution < -0.4 is 5.32 Å². The number of amides is 1. The molecule has 0 aliphatic rings. The predicted octanol–water partition coefficient (Wildman–Crippen LogP) is 4.70. The Bertz CT molecular complexity index is 843. The molecule has 0 spiro atoms. The zero-order valence-corrected chi connectivity index (χ0v) is 12.5. The van der Waals surface area contributed by atoms with Crippen molar-refractivity contribution in [2.24, 2.45) is 0 Å². The summed E-state index contributed by atoms with van der Waals surface area (Å²) in [7, 11) is 0. The van der Waals surface area contributed by atoms with Gasteiger partial charge < -0.3 is 9.73 Å². The van der Waals surface area contributed by atoms with Crippen LogP contribution in [0.2, 0.25) is 10.0 Å². The van der Waals surface area contributed by atoms with Crippen molar-refractivity contribution in [1.82, 2.24) is 4.98 Å². The van der Waals surface area contributed by atoms with Crippen LogP contribution in [0.3, 0.4) is 0 Å². The number of aryl methyl sites for hydroxylation is 1. The van der Waals surface area contributed by atoms with Gasteiger partial charge in [-0.2, -0.15) is 0 Å². The SMILES string of the molecule is Cc1ccc2oc(C(=O)Nc3cccc(Cl)c3Cl)cc2n1. The van der Waals surface area contributed by atoms with E-state index >= 15 is 0 Å². The maximum atomic E-state index is 12.2. The van der Waals surface area contributed by atoms with Crippen LogP contribution in [-0.2, 0) is 0 Å². The first-order valence-electron chi connectivity index (χ1n) is 6.17. The number of hydrogen-bond donors (Lipinski definition) is 1. The minimum Gasteiger partial charge on any atom is -0.449 e. The van der Waals surface area contributed by atoms with Crippen molar-refractivity contribution in [1.29, 1.82) is 0 Å². The number of hydrogen-bond acceptors (Lipinski definition) is 3. The highest BCUT2D eigenvalue weighted by molar-refractivity contribution is 6.44. The van der Waals surface area contributed by atoms with Crippen LogP contribution in [0.4, 0.5) is 5.69 Å². The Hall–Kier alpha value is -2.04. The molecule has 4 nitrogen and oxygen atoms in total. The third-order valence-electron chi connectivity index (χ3n) is 2.94. The lowest BCUT2D eigenvalue weighted by molar-refractivity contribution is 0.0998. The first-order valence-corrected chi connectivity index (χ1v) is 6.93. The largest absolute Gasteiger partial charge is 0.449 e. The second kappa shape index (κ2) is 5.39. The molecule has 0 aliphatic heterocycles. The van der Waals surface area contributed by atoms with Crippen molar-refractivity contribution in [2.75, 3.05) is 5.32 Å². The van der Waals surface area contributed by atoms with Gasteiger partial charge in [0.05, 0.1) is 15.7 Å². The number of fused-ring (bicyclic) bond motifs is 1. The molecule has 0 fully saturated rings. The molecule has 1 aromatic carbocycles. The molecule has 0 aliphatic carbocycles. The van der Waals surface area contributed by atoms with Crippen molar-refractivity contribution < 1.29 is 9.21 Å². The second-order valence-corrected chi connectivity index (χ2v) is 5.29. The molecule has 0 unspecified atom stereocenters. The van der Waals surface area contributed by atoms with Crippen LogP contribution in [0.15, 0.2) is 40.8 Å². The Kier molecular flexibility index (Phi) is 3.57. The van der Waals surface area contributed by atoms with E-state index in [-0.39, 0.29) is 10.8 Å². The Morgan fingerprint density at radius 3 is 2.86 bits per heavy atom. The van der Waals surface area contributed by atoms with Crippen molar-refractivity contribution in [2.45, 2.75) is 6.92 Å². The fourth-order valence-corrected chi connectivity index (χ4v) is 2.27. The van der Waals surface area contributed by atoms with E-state index in [9.17, 15) is 4.79 Å².